The van der Waals surface area contributed by atoms with Gasteiger partial charge in [-0.2, -0.15) is 0 Å². The summed E-state index contributed by atoms with van der Waals surface area (Å²) in [6, 6.07) is 81.2. The Bertz CT molecular complexity index is 2340. The Morgan fingerprint density at radius 2 is 0.290 bits per heavy atom. The fraction of sp³-hybridized carbons (Fsp3) is 0. The Balaban J connectivity index is 1.54. The molecule has 0 N–H and O–H groups in total. The van der Waals surface area contributed by atoms with Crippen molar-refractivity contribution in [3.63, 3.8) is 0 Å². The summed E-state index contributed by atoms with van der Waals surface area (Å²) >= 11 is 0. The molecule has 0 bridgehead atoms. The first kappa shape index (κ1) is 47.7. The molecule has 0 heterocycles. The van der Waals surface area contributed by atoms with Gasteiger partial charge in [-0.05, 0) is 0 Å². The molecule has 0 aromatic heterocycles. The summed E-state index contributed by atoms with van der Waals surface area (Å²) in [7, 11) is 11.6. The van der Waals surface area contributed by atoms with Crippen LogP contribution < -0.4 is 40.7 Å². The number of rotatable bonds is 21. The van der Waals surface area contributed by atoms with Crippen LogP contribution in [0.3, 0.4) is 0 Å². The van der Waals surface area contributed by atoms with Crippen LogP contribution in [0.25, 0.3) is 0 Å². The van der Waals surface area contributed by atoms with Crippen molar-refractivity contribution in [3.05, 3.63) is 273 Å². The molecule has 0 aliphatic rings. The normalized spacial score (nSPS) is 12.9. The van der Waals surface area contributed by atoms with Gasteiger partial charge in [-0.15, -0.1) is 0 Å². The van der Waals surface area contributed by atoms with Gasteiger partial charge in [0, 0.05) is 0 Å². The zero-order chi connectivity index (χ0) is 47.3. The SMILES string of the molecule is [Cl][Ru]([Cl])([PH](Oc1ccccc1)(Oc1ccccc1)Oc1ccccc1)([PH](Oc1ccccc1)(Oc1ccccc1)Oc1ccccc1)[PH](Oc1ccccc1)(Oc1ccccc1)Oc1ccccc1. The van der Waals surface area contributed by atoms with Gasteiger partial charge in [0.25, 0.3) is 0 Å². The van der Waals surface area contributed by atoms with Crippen molar-refractivity contribution in [3.8, 4) is 51.7 Å². The standard InChI is InChI=1S/3C18H16O3P.2ClH.Ru/c3*1-4-10-16(11-5-1)19-22(20-17-12-6-2-7-13-17)21-18-14-8-3-9-15-18;;;/h3*1-15,22H;2*1H;/q3*+1;;;-1/p-2. The van der Waals surface area contributed by atoms with Crippen LogP contribution in [0.5, 0.6) is 51.7 Å². The molecule has 0 radical (unpaired) electrons. The first-order chi connectivity index (χ1) is 33.8. The van der Waals surface area contributed by atoms with Gasteiger partial charge in [0.05, 0.1) is 0 Å². The predicted molar refractivity (Wildman–Crippen MR) is 280 cm³/mol. The molecule has 0 spiro atoms. The molecular formula is C54H48Cl2O9P3Ru. The molecule has 0 fully saturated rings. The van der Waals surface area contributed by atoms with Crippen molar-refractivity contribution >= 4 is 38.2 Å². The molecule has 9 rings (SSSR count). The average Bonchev–Trinajstić information content (AvgIpc) is 3.39. The third-order valence-corrected chi connectivity index (χ3v) is 78.6. The van der Waals surface area contributed by atoms with Gasteiger partial charge < -0.3 is 0 Å². The van der Waals surface area contributed by atoms with Gasteiger partial charge in [0.2, 0.25) is 0 Å². The zero-order valence-corrected chi connectivity index (χ0v) is 43.0. The van der Waals surface area contributed by atoms with E-state index in [0.717, 1.165) is 0 Å². The Kier molecular flexibility index (Phi) is 14.9. The zero-order valence-electron chi connectivity index (χ0n) is 36.8. The van der Waals surface area contributed by atoms with Crippen molar-refractivity contribution in [2.75, 3.05) is 0 Å². The molecule has 9 aromatic carbocycles. The Hall–Kier alpha value is -6.33. The maximum atomic E-state index is 9.52. The van der Waals surface area contributed by atoms with Crippen LogP contribution in [0.15, 0.2) is 273 Å². The van der Waals surface area contributed by atoms with E-state index in [1.54, 1.807) is 109 Å². The minimum atomic E-state index is -7.44. The van der Waals surface area contributed by atoms with Crippen LogP contribution in [-0.4, -0.2) is 0 Å². The van der Waals surface area contributed by atoms with Gasteiger partial charge in [-0.25, -0.2) is 0 Å². The number of hydrogen-bond donors (Lipinski definition) is 0. The second-order valence-electron chi connectivity index (χ2n) is 14.9. The van der Waals surface area contributed by atoms with E-state index in [-0.39, 0.29) is 51.7 Å². The van der Waals surface area contributed by atoms with Gasteiger partial charge in [-0.3, -0.25) is 0 Å². The van der Waals surface area contributed by atoms with Crippen LogP contribution >= 0.6 is 38.2 Å². The molecule has 355 valence electrons. The van der Waals surface area contributed by atoms with E-state index in [2.05, 4.69) is 0 Å². The van der Waals surface area contributed by atoms with Crippen LogP contribution in [0, 0.1) is 0 Å². The first-order valence-electron chi connectivity index (χ1n) is 21.7. The first-order valence-corrected chi connectivity index (χ1v) is 38.7. The van der Waals surface area contributed by atoms with Crippen molar-refractivity contribution in [2.24, 2.45) is 0 Å². The summed E-state index contributed by atoms with van der Waals surface area (Å²) in [5.74, 6) is 2.44. The molecule has 0 saturated heterocycles. The van der Waals surface area contributed by atoms with Gasteiger partial charge in [0.1, 0.15) is 0 Å². The second-order valence-corrected chi connectivity index (χ2v) is 66.5. The van der Waals surface area contributed by atoms with Crippen LogP contribution in [0.1, 0.15) is 0 Å². The number of halogens is 2. The summed E-state index contributed by atoms with van der Waals surface area (Å²) in [5.41, 5.74) is 0. The van der Waals surface area contributed by atoms with Crippen molar-refractivity contribution in [1.82, 2.24) is 0 Å². The van der Waals surface area contributed by atoms with Crippen molar-refractivity contribution < 1.29 is 50.9 Å². The molecule has 0 aliphatic carbocycles. The maximum absolute atomic E-state index is 9.52. The van der Waals surface area contributed by atoms with E-state index in [0.29, 0.717) is 0 Å². The fourth-order valence-electron chi connectivity index (χ4n) is 6.79. The van der Waals surface area contributed by atoms with E-state index in [1.165, 1.54) is 0 Å². The Morgan fingerprint density at radius 3 is 0.391 bits per heavy atom. The molecule has 0 saturated carbocycles. The van der Waals surface area contributed by atoms with Crippen LogP contribution in [-0.2, 0) is 10.2 Å². The van der Waals surface area contributed by atoms with Gasteiger partial charge in [0.15, 0.2) is 0 Å². The summed E-state index contributed by atoms with van der Waals surface area (Å²) in [6.07, 6.45) is -16.5. The predicted octanol–water partition coefficient (Wildman–Crippen LogP) is 16.9. The molecule has 0 aliphatic heterocycles. The second kappa shape index (κ2) is 21.5. The molecule has 15 heteroatoms. The molecule has 0 amide bonds. The monoisotopic (exact) mass is 1110 g/mol. The number of hydrogen-bond acceptors (Lipinski definition) is 9. The summed E-state index contributed by atoms with van der Waals surface area (Å²) in [4.78, 5) is 0. The van der Waals surface area contributed by atoms with Crippen LogP contribution in [0.2, 0.25) is 0 Å². The Labute approximate surface area is 411 Å². The quantitative estimate of drug-likeness (QED) is 0.0516. The topological polar surface area (TPSA) is 83.1 Å². The van der Waals surface area contributed by atoms with E-state index in [4.69, 9.17) is 40.7 Å². The molecule has 0 unspecified atom stereocenters. The Morgan fingerprint density at radius 1 is 0.188 bits per heavy atom. The van der Waals surface area contributed by atoms with E-state index < -0.39 is 29.0 Å². The average molecular weight is 1110 g/mol. The third-order valence-electron chi connectivity index (χ3n) is 9.96. The van der Waals surface area contributed by atoms with Crippen LogP contribution in [0.4, 0.5) is 0 Å². The molecule has 9 aromatic rings. The van der Waals surface area contributed by atoms with Gasteiger partial charge >= 0.3 is 414 Å². The van der Waals surface area contributed by atoms with E-state index >= 15 is 0 Å². The molecule has 0 atom stereocenters. The minimum absolute atomic E-state index is 0.271. The fourth-order valence-corrected chi connectivity index (χ4v) is 67.0. The summed E-state index contributed by atoms with van der Waals surface area (Å²) in [5, 5.41) is 0. The third kappa shape index (κ3) is 10.2. The molecule has 9 nitrogen and oxygen atoms in total. The number of benzene rings is 9. The number of para-hydroxylation sites is 9. The van der Waals surface area contributed by atoms with Crippen molar-refractivity contribution in [2.45, 2.75) is 0 Å². The molecular weight excluding hydrogens is 1060 g/mol. The van der Waals surface area contributed by atoms with Gasteiger partial charge in [-0.1, -0.05) is 0 Å². The summed E-state index contributed by atoms with van der Waals surface area (Å²) < 4.78 is 68.5. The van der Waals surface area contributed by atoms with E-state index in [9.17, 15) is 19.4 Å². The van der Waals surface area contributed by atoms with Crippen molar-refractivity contribution in [1.29, 1.82) is 0 Å². The summed E-state index contributed by atoms with van der Waals surface area (Å²) in [6.45, 7) is 0. The molecule has 69 heavy (non-hydrogen) atoms. The van der Waals surface area contributed by atoms with E-state index in [1.807, 2.05) is 164 Å².